The highest BCUT2D eigenvalue weighted by molar-refractivity contribution is 5.95. The van der Waals surface area contributed by atoms with Crippen LogP contribution in [0.3, 0.4) is 0 Å². The standard InChI is InChI=1S/C17H13F4NO3/c1-9(25-14(23)8-10-4-2-3-5-11(10)18)17(24)22-13-7-6-12(19)15(20)16(13)21/h2-7,9H,8H2,1H3,(H,22,24)/t9-/m0/s1. The number of carbonyl (C=O) groups is 2. The molecule has 25 heavy (non-hydrogen) atoms. The molecule has 0 fully saturated rings. The lowest BCUT2D eigenvalue weighted by atomic mass is 10.1. The lowest BCUT2D eigenvalue weighted by Gasteiger charge is -2.14. The van der Waals surface area contributed by atoms with Crippen molar-refractivity contribution in [1.82, 2.24) is 0 Å². The topological polar surface area (TPSA) is 55.4 Å². The molecule has 2 aromatic rings. The maximum atomic E-state index is 13.5. The Morgan fingerprint density at radius 1 is 1.00 bits per heavy atom. The zero-order valence-corrected chi connectivity index (χ0v) is 13.0. The highest BCUT2D eigenvalue weighted by Gasteiger charge is 2.21. The van der Waals surface area contributed by atoms with Crippen molar-refractivity contribution in [2.45, 2.75) is 19.4 Å². The monoisotopic (exact) mass is 355 g/mol. The largest absolute Gasteiger partial charge is 0.452 e. The molecule has 0 aliphatic heterocycles. The van der Waals surface area contributed by atoms with Crippen LogP contribution in [0, 0.1) is 23.3 Å². The molecule has 0 aliphatic rings. The number of esters is 1. The summed E-state index contributed by atoms with van der Waals surface area (Å²) >= 11 is 0. The van der Waals surface area contributed by atoms with Crippen LogP contribution in [0.5, 0.6) is 0 Å². The number of benzene rings is 2. The minimum absolute atomic E-state index is 0.0896. The number of rotatable bonds is 5. The van der Waals surface area contributed by atoms with Crippen LogP contribution in [0.4, 0.5) is 23.2 Å². The molecule has 0 saturated carbocycles. The second-order valence-corrected chi connectivity index (χ2v) is 5.11. The highest BCUT2D eigenvalue weighted by atomic mass is 19.2. The van der Waals surface area contributed by atoms with Crippen LogP contribution in [0.25, 0.3) is 0 Å². The number of hydrogen-bond donors (Lipinski definition) is 1. The number of carbonyl (C=O) groups excluding carboxylic acids is 2. The van der Waals surface area contributed by atoms with Crippen LogP contribution in [-0.2, 0) is 20.7 Å². The van der Waals surface area contributed by atoms with E-state index in [4.69, 9.17) is 4.74 Å². The first kappa shape index (κ1) is 18.4. The van der Waals surface area contributed by atoms with Gasteiger partial charge in [0.2, 0.25) is 0 Å². The normalized spacial score (nSPS) is 11.7. The maximum Gasteiger partial charge on any atom is 0.311 e. The first-order valence-electron chi connectivity index (χ1n) is 7.17. The summed E-state index contributed by atoms with van der Waals surface area (Å²) < 4.78 is 57.7. The van der Waals surface area contributed by atoms with Gasteiger partial charge in [0, 0.05) is 0 Å². The summed E-state index contributed by atoms with van der Waals surface area (Å²) in [4.78, 5) is 23.6. The van der Waals surface area contributed by atoms with Gasteiger partial charge in [-0.2, -0.15) is 0 Å². The van der Waals surface area contributed by atoms with E-state index in [9.17, 15) is 27.2 Å². The van der Waals surface area contributed by atoms with Gasteiger partial charge in [0.1, 0.15) is 5.82 Å². The molecule has 0 heterocycles. The molecule has 0 bridgehead atoms. The molecule has 0 saturated heterocycles. The van der Waals surface area contributed by atoms with Crippen molar-refractivity contribution in [2.24, 2.45) is 0 Å². The summed E-state index contributed by atoms with van der Waals surface area (Å²) in [7, 11) is 0. The molecule has 1 atom stereocenters. The fraction of sp³-hybridized carbons (Fsp3) is 0.176. The molecule has 0 radical (unpaired) electrons. The lowest BCUT2D eigenvalue weighted by molar-refractivity contribution is -0.152. The van der Waals surface area contributed by atoms with E-state index in [1.807, 2.05) is 5.32 Å². The Labute approximate surface area is 140 Å². The molecular formula is C17H13F4NO3. The molecule has 0 spiro atoms. The number of amides is 1. The van der Waals surface area contributed by atoms with Crippen LogP contribution in [-0.4, -0.2) is 18.0 Å². The fourth-order valence-electron chi connectivity index (χ4n) is 1.95. The van der Waals surface area contributed by atoms with Crippen molar-refractivity contribution in [3.63, 3.8) is 0 Å². The van der Waals surface area contributed by atoms with Crippen LogP contribution in [0.2, 0.25) is 0 Å². The summed E-state index contributed by atoms with van der Waals surface area (Å²) in [6.07, 6.45) is -1.75. The third-order valence-corrected chi connectivity index (χ3v) is 3.26. The zero-order valence-electron chi connectivity index (χ0n) is 13.0. The molecule has 132 valence electrons. The van der Waals surface area contributed by atoms with Crippen LogP contribution in [0.15, 0.2) is 36.4 Å². The van der Waals surface area contributed by atoms with E-state index in [1.165, 1.54) is 31.2 Å². The Morgan fingerprint density at radius 2 is 1.68 bits per heavy atom. The van der Waals surface area contributed by atoms with Gasteiger partial charge in [0.15, 0.2) is 23.6 Å². The second kappa shape index (κ2) is 7.78. The van der Waals surface area contributed by atoms with Crippen LogP contribution >= 0.6 is 0 Å². The molecule has 2 aromatic carbocycles. The highest BCUT2D eigenvalue weighted by Crippen LogP contribution is 2.20. The number of halogens is 4. The average Bonchev–Trinajstić information content (AvgIpc) is 2.57. The van der Waals surface area contributed by atoms with Gasteiger partial charge < -0.3 is 10.1 Å². The third-order valence-electron chi connectivity index (χ3n) is 3.26. The second-order valence-electron chi connectivity index (χ2n) is 5.11. The quantitative estimate of drug-likeness (QED) is 0.508. The van der Waals surface area contributed by atoms with Crippen LogP contribution < -0.4 is 5.32 Å². The molecule has 8 heteroatoms. The summed E-state index contributed by atoms with van der Waals surface area (Å²) in [5.74, 6) is -7.13. The van der Waals surface area contributed by atoms with E-state index in [-0.39, 0.29) is 5.56 Å². The average molecular weight is 355 g/mol. The van der Waals surface area contributed by atoms with E-state index in [0.29, 0.717) is 6.07 Å². The van der Waals surface area contributed by atoms with Gasteiger partial charge in [-0.25, -0.2) is 17.6 Å². The van der Waals surface area contributed by atoms with Crippen LogP contribution in [0.1, 0.15) is 12.5 Å². The molecular weight excluding hydrogens is 342 g/mol. The van der Waals surface area contributed by atoms with E-state index in [2.05, 4.69) is 0 Å². The Morgan fingerprint density at radius 3 is 2.36 bits per heavy atom. The fourth-order valence-corrected chi connectivity index (χ4v) is 1.95. The van der Waals surface area contributed by atoms with Gasteiger partial charge in [0.25, 0.3) is 5.91 Å². The predicted octanol–water partition coefficient (Wildman–Crippen LogP) is 3.36. The molecule has 1 N–H and O–H groups in total. The first-order valence-corrected chi connectivity index (χ1v) is 7.17. The van der Waals surface area contributed by atoms with Crippen molar-refractivity contribution in [3.05, 3.63) is 65.2 Å². The summed E-state index contributed by atoms with van der Waals surface area (Å²) in [5, 5.41) is 1.99. The van der Waals surface area contributed by atoms with Gasteiger partial charge in [-0.05, 0) is 30.7 Å². The Balaban J connectivity index is 1.97. The molecule has 2 rings (SSSR count). The summed E-state index contributed by atoms with van der Waals surface area (Å²) in [5.41, 5.74) is -0.507. The minimum Gasteiger partial charge on any atom is -0.452 e. The maximum absolute atomic E-state index is 13.5. The number of anilines is 1. The van der Waals surface area contributed by atoms with Crippen molar-refractivity contribution < 1.29 is 31.9 Å². The van der Waals surface area contributed by atoms with Crippen molar-refractivity contribution >= 4 is 17.6 Å². The van der Waals surface area contributed by atoms with Gasteiger partial charge >= 0.3 is 5.97 Å². The van der Waals surface area contributed by atoms with Gasteiger partial charge in [0.05, 0.1) is 12.1 Å². The minimum atomic E-state index is -1.73. The lowest BCUT2D eigenvalue weighted by Crippen LogP contribution is -2.31. The smallest absolute Gasteiger partial charge is 0.311 e. The SMILES string of the molecule is C[C@H](OC(=O)Cc1ccccc1F)C(=O)Nc1ccc(F)c(F)c1F. The van der Waals surface area contributed by atoms with E-state index in [0.717, 1.165) is 6.07 Å². The molecule has 0 aromatic heterocycles. The summed E-state index contributed by atoms with van der Waals surface area (Å²) in [6.45, 7) is 1.20. The molecule has 0 unspecified atom stereocenters. The van der Waals surface area contributed by atoms with E-state index >= 15 is 0 Å². The third kappa shape index (κ3) is 4.56. The molecule has 1 amide bonds. The Hall–Kier alpha value is -2.90. The van der Waals surface area contributed by atoms with Crippen molar-refractivity contribution in [1.29, 1.82) is 0 Å². The predicted molar refractivity (Wildman–Crippen MR) is 80.6 cm³/mol. The Bertz CT molecular complexity index is 810. The molecule has 4 nitrogen and oxygen atoms in total. The number of nitrogens with one attached hydrogen (secondary N) is 1. The van der Waals surface area contributed by atoms with Gasteiger partial charge in [-0.3, -0.25) is 9.59 Å². The van der Waals surface area contributed by atoms with E-state index < -0.39 is 53.4 Å². The van der Waals surface area contributed by atoms with Crippen molar-refractivity contribution in [2.75, 3.05) is 5.32 Å². The van der Waals surface area contributed by atoms with Gasteiger partial charge in [-0.15, -0.1) is 0 Å². The molecule has 0 aliphatic carbocycles. The van der Waals surface area contributed by atoms with Gasteiger partial charge in [-0.1, -0.05) is 18.2 Å². The van der Waals surface area contributed by atoms with E-state index in [1.54, 1.807) is 0 Å². The first-order chi connectivity index (χ1) is 11.8. The van der Waals surface area contributed by atoms with Crippen molar-refractivity contribution in [3.8, 4) is 0 Å². The zero-order chi connectivity index (χ0) is 18.6. The summed E-state index contributed by atoms with van der Waals surface area (Å²) in [6, 6.07) is 7.02. The number of ether oxygens (including phenoxy) is 1. The number of hydrogen-bond acceptors (Lipinski definition) is 3. The Kier molecular flexibility index (Phi) is 5.74.